The quantitative estimate of drug-likeness (QED) is 0.226. The van der Waals surface area contributed by atoms with Gasteiger partial charge < -0.3 is 14.2 Å². The minimum Gasteiger partial charge on any atom is -0.465 e. The number of allylic oxidation sites excluding steroid dienone is 2. The predicted molar refractivity (Wildman–Crippen MR) is 136 cm³/mol. The van der Waals surface area contributed by atoms with E-state index in [2.05, 4.69) is 0 Å². The SMILES string of the molecule is COC(=O)C1=C(C)N(c2cc(C)cc(C)c2)/C(=C\c2cc(C)n(-c3ccccc3C(F)(F)F)c2C)C1=O. The number of Topliss-reactive ketones (excluding diaryl/α,β-unsaturated/α-hetero) is 1. The number of hydrogen-bond donors (Lipinski definition) is 0. The molecule has 1 aliphatic heterocycles. The molecule has 192 valence electrons. The van der Waals surface area contributed by atoms with E-state index in [0.29, 0.717) is 28.3 Å². The van der Waals surface area contributed by atoms with Crippen molar-refractivity contribution in [1.29, 1.82) is 0 Å². The van der Waals surface area contributed by atoms with Gasteiger partial charge in [-0.1, -0.05) is 18.2 Å². The Morgan fingerprint density at radius 2 is 1.57 bits per heavy atom. The Labute approximate surface area is 213 Å². The number of methoxy groups -OCH3 is 1. The molecule has 0 saturated carbocycles. The second-order valence-corrected chi connectivity index (χ2v) is 9.17. The zero-order valence-electron chi connectivity index (χ0n) is 21.4. The van der Waals surface area contributed by atoms with Crippen molar-refractivity contribution in [3.05, 3.63) is 99.1 Å². The fourth-order valence-electron chi connectivity index (χ4n) is 4.93. The number of aromatic nitrogens is 1. The van der Waals surface area contributed by atoms with E-state index in [1.54, 1.807) is 43.9 Å². The number of anilines is 1. The van der Waals surface area contributed by atoms with Crippen molar-refractivity contribution in [1.82, 2.24) is 4.57 Å². The van der Waals surface area contributed by atoms with Crippen molar-refractivity contribution < 1.29 is 27.5 Å². The first-order valence-corrected chi connectivity index (χ1v) is 11.6. The molecule has 0 bridgehead atoms. The topological polar surface area (TPSA) is 51.5 Å². The summed E-state index contributed by atoms with van der Waals surface area (Å²) >= 11 is 0. The van der Waals surface area contributed by atoms with Crippen LogP contribution in [0.4, 0.5) is 18.9 Å². The average molecular weight is 509 g/mol. The lowest BCUT2D eigenvalue weighted by atomic mass is 10.1. The molecule has 8 heteroatoms. The Morgan fingerprint density at radius 1 is 0.946 bits per heavy atom. The highest BCUT2D eigenvalue weighted by molar-refractivity contribution is 6.30. The van der Waals surface area contributed by atoms with Crippen LogP contribution in [-0.2, 0) is 20.5 Å². The molecule has 0 amide bonds. The van der Waals surface area contributed by atoms with Crippen LogP contribution in [0.1, 0.15) is 40.6 Å². The molecule has 0 aliphatic carbocycles. The first-order valence-electron chi connectivity index (χ1n) is 11.6. The van der Waals surface area contributed by atoms with Gasteiger partial charge in [-0.25, -0.2) is 4.79 Å². The molecule has 0 atom stereocenters. The Kier molecular flexibility index (Phi) is 6.62. The van der Waals surface area contributed by atoms with Crippen LogP contribution in [0.25, 0.3) is 11.8 Å². The normalized spacial score (nSPS) is 15.2. The number of para-hydroxylation sites is 1. The summed E-state index contributed by atoms with van der Waals surface area (Å²) in [4.78, 5) is 27.7. The van der Waals surface area contributed by atoms with E-state index in [0.717, 1.165) is 17.2 Å². The summed E-state index contributed by atoms with van der Waals surface area (Å²) in [6.07, 6.45) is -2.91. The number of aryl methyl sites for hydroxylation is 3. The molecule has 4 rings (SSSR count). The molecule has 37 heavy (non-hydrogen) atoms. The maximum atomic E-state index is 13.8. The second kappa shape index (κ2) is 9.42. The third-order valence-electron chi connectivity index (χ3n) is 6.46. The Hall–Kier alpha value is -4.07. The molecule has 1 aliphatic rings. The number of rotatable bonds is 4. The summed E-state index contributed by atoms with van der Waals surface area (Å²) in [7, 11) is 1.21. The third-order valence-corrected chi connectivity index (χ3v) is 6.46. The van der Waals surface area contributed by atoms with Gasteiger partial charge in [0.2, 0.25) is 5.78 Å². The van der Waals surface area contributed by atoms with Gasteiger partial charge >= 0.3 is 12.1 Å². The maximum absolute atomic E-state index is 13.8. The van der Waals surface area contributed by atoms with Crippen LogP contribution in [0.3, 0.4) is 0 Å². The average Bonchev–Trinajstić information content (AvgIpc) is 3.23. The monoisotopic (exact) mass is 508 g/mol. The number of hydrogen-bond acceptors (Lipinski definition) is 4. The maximum Gasteiger partial charge on any atom is 0.418 e. The smallest absolute Gasteiger partial charge is 0.418 e. The van der Waals surface area contributed by atoms with E-state index in [4.69, 9.17) is 4.74 Å². The highest BCUT2D eigenvalue weighted by Crippen LogP contribution is 2.39. The fourth-order valence-corrected chi connectivity index (χ4v) is 4.93. The van der Waals surface area contributed by atoms with Crippen LogP contribution in [0.5, 0.6) is 0 Å². The third kappa shape index (κ3) is 4.59. The Bertz CT molecular complexity index is 1470. The Morgan fingerprint density at radius 3 is 2.16 bits per heavy atom. The lowest BCUT2D eigenvalue weighted by Crippen LogP contribution is -2.18. The molecular formula is C29H27F3N2O3. The van der Waals surface area contributed by atoms with Gasteiger partial charge in [-0.2, -0.15) is 13.2 Å². The van der Waals surface area contributed by atoms with Gasteiger partial charge in [0.1, 0.15) is 5.57 Å². The molecule has 5 nitrogen and oxygen atoms in total. The minimum atomic E-state index is -4.53. The van der Waals surface area contributed by atoms with Crippen molar-refractivity contribution >= 4 is 23.5 Å². The summed E-state index contributed by atoms with van der Waals surface area (Å²) in [6, 6.07) is 12.9. The van der Waals surface area contributed by atoms with E-state index in [9.17, 15) is 22.8 Å². The standard InChI is InChI=1S/C29H27F3N2O3/c1-16-11-17(2)13-22(12-16)34-20(5)26(28(36)37-6)27(35)25(34)15-21-14-18(3)33(19(21)4)24-10-8-7-9-23(24)29(30,31)32/h7-15H,1-6H3/b25-15-. The fraction of sp³-hybridized carbons (Fsp3) is 0.241. The number of alkyl halides is 3. The van der Waals surface area contributed by atoms with E-state index in [-0.39, 0.29) is 17.0 Å². The first kappa shape index (κ1) is 26.0. The number of nitrogens with zero attached hydrogens (tertiary/aromatic N) is 2. The van der Waals surface area contributed by atoms with E-state index >= 15 is 0 Å². The predicted octanol–water partition coefficient (Wildman–Crippen LogP) is 6.61. The zero-order valence-corrected chi connectivity index (χ0v) is 21.4. The first-order chi connectivity index (χ1) is 17.3. The van der Waals surface area contributed by atoms with Crippen LogP contribution in [0.15, 0.2) is 65.5 Å². The molecule has 0 radical (unpaired) electrons. The Balaban J connectivity index is 1.92. The lowest BCUT2D eigenvalue weighted by molar-refractivity contribution is -0.138. The molecule has 3 aromatic rings. The van der Waals surface area contributed by atoms with Crippen LogP contribution in [0, 0.1) is 27.7 Å². The summed E-state index contributed by atoms with van der Waals surface area (Å²) in [6.45, 7) is 8.96. The summed E-state index contributed by atoms with van der Waals surface area (Å²) in [5.74, 6) is -1.26. The minimum absolute atomic E-state index is 0.00289. The van der Waals surface area contributed by atoms with E-state index < -0.39 is 23.5 Å². The second-order valence-electron chi connectivity index (χ2n) is 9.17. The number of esters is 1. The molecule has 0 fully saturated rings. The highest BCUT2D eigenvalue weighted by Gasteiger charge is 2.39. The summed E-state index contributed by atoms with van der Waals surface area (Å²) in [5.41, 5.74) is 4.11. The highest BCUT2D eigenvalue weighted by atomic mass is 19.4. The molecule has 0 unspecified atom stereocenters. The zero-order chi connectivity index (χ0) is 27.2. The van der Waals surface area contributed by atoms with Crippen LogP contribution >= 0.6 is 0 Å². The van der Waals surface area contributed by atoms with Gasteiger partial charge in [-0.05, 0) is 87.7 Å². The number of carbonyl (C=O) groups excluding carboxylic acids is 2. The molecule has 2 aromatic carbocycles. The van der Waals surface area contributed by atoms with Crippen molar-refractivity contribution in [2.75, 3.05) is 12.0 Å². The summed E-state index contributed by atoms with van der Waals surface area (Å²) < 4.78 is 47.7. The largest absolute Gasteiger partial charge is 0.465 e. The van der Waals surface area contributed by atoms with E-state index in [1.165, 1.54) is 23.8 Å². The van der Waals surface area contributed by atoms with Crippen molar-refractivity contribution in [2.24, 2.45) is 0 Å². The van der Waals surface area contributed by atoms with Gasteiger partial charge in [0.15, 0.2) is 0 Å². The van der Waals surface area contributed by atoms with E-state index in [1.807, 2.05) is 32.0 Å². The van der Waals surface area contributed by atoms with Crippen LogP contribution < -0.4 is 4.90 Å². The van der Waals surface area contributed by atoms with Gasteiger partial charge in [0, 0.05) is 22.8 Å². The van der Waals surface area contributed by atoms with Crippen molar-refractivity contribution in [3.63, 3.8) is 0 Å². The summed E-state index contributed by atoms with van der Waals surface area (Å²) in [5, 5.41) is 0. The number of ether oxygens (including phenoxy) is 1. The molecule has 0 saturated heterocycles. The van der Waals surface area contributed by atoms with Gasteiger partial charge in [-0.3, -0.25) is 4.79 Å². The number of ketones is 1. The van der Waals surface area contributed by atoms with Gasteiger partial charge in [0.05, 0.1) is 24.1 Å². The lowest BCUT2D eigenvalue weighted by Gasteiger charge is -2.22. The van der Waals surface area contributed by atoms with Crippen molar-refractivity contribution in [2.45, 2.75) is 40.8 Å². The number of carbonyl (C=O) groups is 2. The molecule has 0 N–H and O–H groups in total. The molecular weight excluding hydrogens is 481 g/mol. The number of benzene rings is 2. The van der Waals surface area contributed by atoms with Crippen molar-refractivity contribution in [3.8, 4) is 5.69 Å². The van der Waals surface area contributed by atoms with Crippen LogP contribution in [0.2, 0.25) is 0 Å². The molecule has 1 aromatic heterocycles. The van der Waals surface area contributed by atoms with Gasteiger partial charge in [-0.15, -0.1) is 0 Å². The van der Waals surface area contributed by atoms with Crippen LogP contribution in [-0.4, -0.2) is 23.4 Å². The number of halogens is 3. The molecule has 2 heterocycles. The molecule has 0 spiro atoms. The van der Waals surface area contributed by atoms with Gasteiger partial charge in [0.25, 0.3) is 0 Å².